The fourth-order valence-corrected chi connectivity index (χ4v) is 2.24. The summed E-state index contributed by atoms with van der Waals surface area (Å²) in [5, 5.41) is 17.4. The summed E-state index contributed by atoms with van der Waals surface area (Å²) in [5.41, 5.74) is 1.97. The number of aromatic nitrogens is 3. The highest BCUT2D eigenvalue weighted by Gasteiger charge is 2.17. The van der Waals surface area contributed by atoms with Crippen molar-refractivity contribution < 1.29 is 9.50 Å². The van der Waals surface area contributed by atoms with E-state index < -0.39 is 0 Å². The SMILES string of the molecule is Cc1ccc(-c2nnc(CO)n2-c2ccccc2)c(F)c1. The molecule has 0 aliphatic carbocycles. The van der Waals surface area contributed by atoms with Crippen LogP contribution in [0.25, 0.3) is 17.1 Å². The van der Waals surface area contributed by atoms with E-state index in [-0.39, 0.29) is 12.4 Å². The average molecular weight is 283 g/mol. The summed E-state index contributed by atoms with van der Waals surface area (Å²) in [6.07, 6.45) is 0. The number of hydrogen-bond acceptors (Lipinski definition) is 3. The van der Waals surface area contributed by atoms with Crippen molar-refractivity contribution in [1.29, 1.82) is 0 Å². The lowest BCUT2D eigenvalue weighted by atomic mass is 10.1. The zero-order valence-electron chi connectivity index (χ0n) is 11.5. The second kappa shape index (κ2) is 5.46. The van der Waals surface area contributed by atoms with Crippen molar-refractivity contribution in [1.82, 2.24) is 14.8 Å². The lowest BCUT2D eigenvalue weighted by Crippen LogP contribution is -2.03. The quantitative estimate of drug-likeness (QED) is 0.804. The maximum Gasteiger partial charge on any atom is 0.171 e. The first-order valence-electron chi connectivity index (χ1n) is 6.58. The van der Waals surface area contributed by atoms with Crippen LogP contribution in [0.15, 0.2) is 48.5 Å². The molecule has 0 fully saturated rings. The molecule has 0 atom stereocenters. The van der Waals surface area contributed by atoms with Gasteiger partial charge in [0, 0.05) is 5.69 Å². The van der Waals surface area contributed by atoms with Gasteiger partial charge in [-0.15, -0.1) is 10.2 Å². The molecule has 4 nitrogen and oxygen atoms in total. The first kappa shape index (κ1) is 13.5. The van der Waals surface area contributed by atoms with E-state index in [2.05, 4.69) is 10.2 Å². The molecule has 3 aromatic rings. The minimum atomic E-state index is -0.357. The number of nitrogens with zero attached hydrogens (tertiary/aromatic N) is 3. The minimum Gasteiger partial charge on any atom is -0.388 e. The molecular formula is C16H14FN3O. The zero-order valence-corrected chi connectivity index (χ0v) is 11.5. The molecule has 21 heavy (non-hydrogen) atoms. The molecule has 3 rings (SSSR count). The molecule has 1 N–H and O–H groups in total. The van der Waals surface area contributed by atoms with E-state index in [1.54, 1.807) is 10.6 Å². The number of aryl methyl sites for hydroxylation is 1. The molecule has 5 heteroatoms. The van der Waals surface area contributed by atoms with Gasteiger partial charge in [0.2, 0.25) is 0 Å². The van der Waals surface area contributed by atoms with Crippen molar-refractivity contribution >= 4 is 0 Å². The third kappa shape index (κ3) is 2.43. The Kier molecular flexibility index (Phi) is 3.50. The van der Waals surface area contributed by atoms with Crippen LogP contribution in [0.5, 0.6) is 0 Å². The Morgan fingerprint density at radius 1 is 1.10 bits per heavy atom. The highest BCUT2D eigenvalue weighted by Crippen LogP contribution is 2.25. The van der Waals surface area contributed by atoms with Crippen LogP contribution in [-0.4, -0.2) is 19.9 Å². The van der Waals surface area contributed by atoms with Gasteiger partial charge >= 0.3 is 0 Å². The molecule has 0 aliphatic rings. The van der Waals surface area contributed by atoms with Crippen LogP contribution >= 0.6 is 0 Å². The molecule has 0 aliphatic heterocycles. The highest BCUT2D eigenvalue weighted by molar-refractivity contribution is 5.60. The molecular weight excluding hydrogens is 269 g/mol. The van der Waals surface area contributed by atoms with Crippen LogP contribution < -0.4 is 0 Å². The second-order valence-electron chi connectivity index (χ2n) is 4.75. The number of rotatable bonds is 3. The van der Waals surface area contributed by atoms with Crippen LogP contribution in [0, 0.1) is 12.7 Å². The summed E-state index contributed by atoms with van der Waals surface area (Å²) in [6, 6.07) is 14.3. The van der Waals surface area contributed by atoms with E-state index in [1.165, 1.54) is 6.07 Å². The van der Waals surface area contributed by atoms with E-state index in [0.717, 1.165) is 11.3 Å². The van der Waals surface area contributed by atoms with Gasteiger partial charge in [-0.2, -0.15) is 0 Å². The largest absolute Gasteiger partial charge is 0.388 e. The molecule has 0 bridgehead atoms. The lowest BCUT2D eigenvalue weighted by Gasteiger charge is -2.10. The van der Waals surface area contributed by atoms with Crippen LogP contribution in [0.3, 0.4) is 0 Å². The molecule has 1 aromatic heterocycles. The van der Waals surface area contributed by atoms with Crippen LogP contribution in [0.4, 0.5) is 4.39 Å². The van der Waals surface area contributed by atoms with Gasteiger partial charge in [0.1, 0.15) is 12.4 Å². The monoisotopic (exact) mass is 283 g/mol. The Morgan fingerprint density at radius 2 is 1.86 bits per heavy atom. The number of hydrogen-bond donors (Lipinski definition) is 1. The molecule has 106 valence electrons. The molecule has 0 unspecified atom stereocenters. The Morgan fingerprint density at radius 3 is 2.52 bits per heavy atom. The Labute approximate surface area is 121 Å². The summed E-state index contributed by atoms with van der Waals surface area (Å²) in [7, 11) is 0. The maximum absolute atomic E-state index is 14.2. The number of benzene rings is 2. The fraction of sp³-hybridized carbons (Fsp3) is 0.125. The average Bonchev–Trinajstić information content (AvgIpc) is 2.92. The molecule has 2 aromatic carbocycles. The Hall–Kier alpha value is -2.53. The molecule has 0 saturated heterocycles. The van der Waals surface area contributed by atoms with Gasteiger partial charge in [-0.3, -0.25) is 4.57 Å². The predicted octanol–water partition coefficient (Wildman–Crippen LogP) is 2.87. The fourth-order valence-electron chi connectivity index (χ4n) is 2.24. The number of para-hydroxylation sites is 1. The standard InChI is InChI=1S/C16H14FN3O/c1-11-7-8-13(14(17)9-11)16-19-18-15(10-21)20(16)12-5-3-2-4-6-12/h2-9,21H,10H2,1H3. The van der Waals surface area contributed by atoms with Crippen molar-refractivity contribution in [2.75, 3.05) is 0 Å². The smallest absolute Gasteiger partial charge is 0.171 e. The summed E-state index contributed by atoms with van der Waals surface area (Å²) in [5.74, 6) is 0.392. The maximum atomic E-state index is 14.2. The van der Waals surface area contributed by atoms with Crippen molar-refractivity contribution in [3.63, 3.8) is 0 Å². The van der Waals surface area contributed by atoms with Crippen molar-refractivity contribution in [2.24, 2.45) is 0 Å². The molecule has 1 heterocycles. The number of aliphatic hydroxyl groups is 1. The molecule has 0 saturated carbocycles. The van der Waals surface area contributed by atoms with E-state index in [1.807, 2.05) is 43.3 Å². The predicted molar refractivity (Wildman–Crippen MR) is 77.4 cm³/mol. The third-order valence-corrected chi connectivity index (χ3v) is 3.25. The van der Waals surface area contributed by atoms with Crippen molar-refractivity contribution in [3.05, 3.63) is 65.7 Å². The zero-order chi connectivity index (χ0) is 14.8. The van der Waals surface area contributed by atoms with Crippen molar-refractivity contribution in [3.8, 4) is 17.1 Å². The lowest BCUT2D eigenvalue weighted by molar-refractivity contribution is 0.269. The molecule has 0 radical (unpaired) electrons. The van der Waals surface area contributed by atoms with Gasteiger partial charge in [-0.1, -0.05) is 24.3 Å². The molecule has 0 amide bonds. The van der Waals surface area contributed by atoms with E-state index in [0.29, 0.717) is 17.2 Å². The van der Waals surface area contributed by atoms with Gasteiger partial charge in [0.05, 0.1) is 5.56 Å². The minimum absolute atomic E-state index is 0.268. The normalized spacial score (nSPS) is 10.8. The van der Waals surface area contributed by atoms with Crippen LogP contribution in [0.1, 0.15) is 11.4 Å². The van der Waals surface area contributed by atoms with E-state index in [4.69, 9.17) is 0 Å². The van der Waals surface area contributed by atoms with Gasteiger partial charge in [-0.25, -0.2) is 4.39 Å². The molecule has 0 spiro atoms. The Balaban J connectivity index is 2.22. The van der Waals surface area contributed by atoms with Crippen LogP contribution in [0.2, 0.25) is 0 Å². The van der Waals surface area contributed by atoms with E-state index in [9.17, 15) is 9.50 Å². The number of aliphatic hydroxyl groups excluding tert-OH is 1. The van der Waals surface area contributed by atoms with Gasteiger partial charge in [0.15, 0.2) is 11.6 Å². The van der Waals surface area contributed by atoms with Crippen molar-refractivity contribution in [2.45, 2.75) is 13.5 Å². The summed E-state index contributed by atoms with van der Waals surface area (Å²) in [4.78, 5) is 0. The first-order chi connectivity index (χ1) is 10.2. The van der Waals surface area contributed by atoms with Crippen LogP contribution in [-0.2, 0) is 6.61 Å². The summed E-state index contributed by atoms with van der Waals surface area (Å²) >= 11 is 0. The number of halogens is 1. The highest BCUT2D eigenvalue weighted by atomic mass is 19.1. The Bertz CT molecular complexity index is 768. The second-order valence-corrected chi connectivity index (χ2v) is 4.75. The topological polar surface area (TPSA) is 50.9 Å². The van der Waals surface area contributed by atoms with Gasteiger partial charge in [-0.05, 0) is 36.8 Å². The summed E-state index contributed by atoms with van der Waals surface area (Å²) < 4.78 is 15.9. The van der Waals surface area contributed by atoms with Gasteiger partial charge < -0.3 is 5.11 Å². The third-order valence-electron chi connectivity index (χ3n) is 3.25. The van der Waals surface area contributed by atoms with E-state index >= 15 is 0 Å². The summed E-state index contributed by atoms with van der Waals surface area (Å²) in [6.45, 7) is 1.56. The van der Waals surface area contributed by atoms with Gasteiger partial charge in [0.25, 0.3) is 0 Å². The first-order valence-corrected chi connectivity index (χ1v) is 6.58.